The van der Waals surface area contributed by atoms with Crippen LogP contribution in [0.4, 0.5) is 0 Å². The van der Waals surface area contributed by atoms with Gasteiger partial charge in [0.2, 0.25) is 11.6 Å². The minimum atomic E-state index is -4.87. The molecule has 0 saturated carbocycles. The predicted molar refractivity (Wildman–Crippen MR) is 249 cm³/mol. The number of aromatic nitrogens is 9. The third kappa shape index (κ3) is 9.53. The molecule has 70 heavy (non-hydrogen) atoms. The molecule has 9 aromatic rings. The summed E-state index contributed by atoms with van der Waals surface area (Å²) in [5.41, 5.74) is -0.170. The second kappa shape index (κ2) is 18.1. The van der Waals surface area contributed by atoms with Gasteiger partial charge in [-0.2, -0.15) is 33.7 Å². The van der Waals surface area contributed by atoms with Gasteiger partial charge in [-0.1, -0.05) is 91.0 Å². The number of pyridine rings is 3. The molecule has 25 heteroatoms. The lowest BCUT2D eigenvalue weighted by Gasteiger charge is -2.14. The van der Waals surface area contributed by atoms with E-state index in [1.54, 1.807) is 42.5 Å². The molecule has 21 nitrogen and oxygen atoms in total. The van der Waals surface area contributed by atoms with Crippen LogP contribution in [0.5, 0.6) is 0 Å². The van der Waals surface area contributed by atoms with Gasteiger partial charge in [-0.25, -0.2) is 24.9 Å². The first-order chi connectivity index (χ1) is 33.3. The first-order valence-electron chi connectivity index (χ1n) is 20.0. The van der Waals surface area contributed by atoms with Crippen molar-refractivity contribution in [3.8, 4) is 90.8 Å². The van der Waals surface area contributed by atoms with E-state index in [9.17, 15) is 51.9 Å². The average molecular weight is 1020 g/mol. The van der Waals surface area contributed by atoms with E-state index >= 15 is 0 Å². The first kappa shape index (κ1) is 47.1. The number of nitrogens with zero attached hydrogens (tertiary/aromatic N) is 9. The van der Waals surface area contributed by atoms with E-state index in [4.69, 9.17) is 15.0 Å². The van der Waals surface area contributed by atoms with Gasteiger partial charge in [0.25, 0.3) is 40.5 Å². The zero-order chi connectivity index (χ0) is 49.6. The average Bonchev–Trinajstić information content (AvgIpc) is 3.35. The van der Waals surface area contributed by atoms with Crippen LogP contribution in [0.3, 0.4) is 0 Å². The summed E-state index contributed by atoms with van der Waals surface area (Å²) in [6.07, 6.45) is 0. The normalized spacial score (nSPS) is 12.2. The van der Waals surface area contributed by atoms with Crippen molar-refractivity contribution >= 4 is 40.5 Å². The highest BCUT2D eigenvalue weighted by molar-refractivity contribution is 7.86. The van der Waals surface area contributed by atoms with Gasteiger partial charge in [-0.3, -0.25) is 18.2 Å². The monoisotopic (exact) mass is 1020 g/mol. The lowest BCUT2D eigenvalue weighted by atomic mass is 10.0. The molecule has 0 spiro atoms. The standard InChI is InChI=1S/C45H29N9O12S4/c55-67(56,57)36-22-5-1-12-26(36)40-42(28-14-3-7-24-38(28)69(61,62)63)51-53-44(49-40)34-20-10-18-32(47-34)30-16-9-17-31(46-30)33-19-11-21-35(48-33)45-50-41(27-13-2-6-23-37(27)68(58,59)60)43(52-54-45)29-15-4-8-25-39(29)70(64,65)66/h1-25H,(H,55,56,57)(H,58,59,60)(H,61,62,63)(H,64,65,66). The Morgan fingerprint density at radius 1 is 0.257 bits per heavy atom. The Balaban J connectivity index is 1.12. The van der Waals surface area contributed by atoms with Crippen LogP contribution in [0.2, 0.25) is 0 Å². The molecular weight excluding hydrogens is 987 g/mol. The molecule has 0 aliphatic rings. The van der Waals surface area contributed by atoms with Crippen LogP contribution < -0.4 is 0 Å². The van der Waals surface area contributed by atoms with E-state index in [1.165, 1.54) is 84.9 Å². The van der Waals surface area contributed by atoms with Crippen LogP contribution >= 0.6 is 0 Å². The van der Waals surface area contributed by atoms with E-state index in [0.717, 1.165) is 24.3 Å². The first-order valence-corrected chi connectivity index (χ1v) is 25.7. The molecule has 4 aromatic carbocycles. The molecule has 0 unspecified atom stereocenters. The summed E-state index contributed by atoms with van der Waals surface area (Å²) in [4.78, 5) is 21.1. The van der Waals surface area contributed by atoms with E-state index in [-0.39, 0.29) is 79.5 Å². The molecule has 5 aromatic heterocycles. The molecule has 0 aliphatic heterocycles. The van der Waals surface area contributed by atoms with Crippen molar-refractivity contribution in [3.63, 3.8) is 0 Å². The minimum absolute atomic E-state index is 0.108. The summed E-state index contributed by atoms with van der Waals surface area (Å²) in [6, 6.07) is 35.6. The van der Waals surface area contributed by atoms with Crippen molar-refractivity contribution in [2.24, 2.45) is 0 Å². The van der Waals surface area contributed by atoms with E-state index in [2.05, 4.69) is 30.4 Å². The molecule has 0 bridgehead atoms. The second-order valence-corrected chi connectivity index (χ2v) is 20.3. The molecule has 0 atom stereocenters. The van der Waals surface area contributed by atoms with Gasteiger partial charge in [0.05, 0.1) is 22.8 Å². The maximum atomic E-state index is 12.6. The number of hydrogen-bond donors (Lipinski definition) is 4. The van der Waals surface area contributed by atoms with Gasteiger partial charge in [-0.05, 0) is 60.7 Å². The van der Waals surface area contributed by atoms with E-state index < -0.39 is 60.1 Å². The second-order valence-electron chi connectivity index (χ2n) is 14.8. The van der Waals surface area contributed by atoms with Gasteiger partial charge < -0.3 is 0 Å². The van der Waals surface area contributed by atoms with E-state index in [0.29, 0.717) is 11.4 Å². The fourth-order valence-electron chi connectivity index (χ4n) is 7.28. The van der Waals surface area contributed by atoms with Crippen molar-refractivity contribution < 1.29 is 51.9 Å². The summed E-state index contributed by atoms with van der Waals surface area (Å²) in [5.74, 6) is -0.305. The van der Waals surface area contributed by atoms with Crippen molar-refractivity contribution in [1.29, 1.82) is 0 Å². The van der Waals surface area contributed by atoms with Gasteiger partial charge in [0, 0.05) is 22.3 Å². The van der Waals surface area contributed by atoms with Gasteiger partial charge in [0.1, 0.15) is 53.7 Å². The quantitative estimate of drug-likeness (QED) is 0.0940. The summed E-state index contributed by atoms with van der Waals surface area (Å²) < 4.78 is 140. The highest BCUT2D eigenvalue weighted by atomic mass is 32.2. The van der Waals surface area contributed by atoms with Crippen LogP contribution in [-0.4, -0.2) is 97.2 Å². The SMILES string of the molecule is O=S(=O)(O)c1ccccc1-c1nnc(-c2cccc(-c3cccc(-c4cccc(-c5nnc(-c6ccccc6S(=O)(=O)O)c(-c6ccccc6S(=O)(=O)O)n5)n4)n3)n2)nc1-c1ccccc1S(=O)(=O)O. The Labute approximate surface area is 397 Å². The molecule has 5 heterocycles. The van der Waals surface area contributed by atoms with Crippen molar-refractivity contribution in [1.82, 2.24) is 45.3 Å². The zero-order valence-corrected chi connectivity index (χ0v) is 38.4. The number of rotatable bonds is 12. The van der Waals surface area contributed by atoms with Crippen molar-refractivity contribution in [2.75, 3.05) is 0 Å². The lowest BCUT2D eigenvalue weighted by molar-refractivity contribution is 0.481. The molecule has 9 rings (SSSR count). The summed E-state index contributed by atoms with van der Waals surface area (Å²) in [7, 11) is -19.4. The minimum Gasteiger partial charge on any atom is -0.282 e. The van der Waals surface area contributed by atoms with Gasteiger partial charge in [-0.15, -0.1) is 20.4 Å². The third-order valence-corrected chi connectivity index (χ3v) is 13.9. The Morgan fingerprint density at radius 2 is 0.500 bits per heavy atom. The predicted octanol–water partition coefficient (Wildman–Crippen LogP) is 6.56. The fourth-order valence-corrected chi connectivity index (χ4v) is 10.1. The van der Waals surface area contributed by atoms with Crippen LogP contribution in [-0.2, 0) is 40.5 Å². The van der Waals surface area contributed by atoms with Crippen LogP contribution in [0.15, 0.2) is 171 Å². The molecule has 0 amide bonds. The smallest absolute Gasteiger partial charge is 0.282 e. The maximum absolute atomic E-state index is 12.6. The Kier molecular flexibility index (Phi) is 12.2. The Bertz CT molecular complexity index is 3800. The third-order valence-electron chi connectivity index (χ3n) is 10.3. The van der Waals surface area contributed by atoms with Crippen LogP contribution in [0, 0.1) is 0 Å². The topological polar surface area (TPSA) is 333 Å². The molecule has 350 valence electrons. The summed E-state index contributed by atoms with van der Waals surface area (Å²) in [5, 5.41) is 16.9. The maximum Gasteiger partial charge on any atom is 0.295 e. The zero-order valence-electron chi connectivity index (χ0n) is 35.1. The molecule has 4 N–H and O–H groups in total. The van der Waals surface area contributed by atoms with Crippen molar-refractivity contribution in [3.05, 3.63) is 152 Å². The molecule has 0 aliphatic carbocycles. The van der Waals surface area contributed by atoms with E-state index in [1.807, 2.05) is 0 Å². The largest absolute Gasteiger partial charge is 0.295 e. The highest BCUT2D eigenvalue weighted by Crippen LogP contribution is 2.38. The summed E-state index contributed by atoms with van der Waals surface area (Å²) in [6.45, 7) is 0. The van der Waals surface area contributed by atoms with Gasteiger partial charge in [0.15, 0.2) is 0 Å². The Morgan fingerprint density at radius 3 is 0.786 bits per heavy atom. The van der Waals surface area contributed by atoms with Crippen molar-refractivity contribution in [2.45, 2.75) is 19.6 Å². The summed E-state index contributed by atoms with van der Waals surface area (Å²) >= 11 is 0. The molecule has 0 radical (unpaired) electrons. The van der Waals surface area contributed by atoms with Crippen LogP contribution in [0.1, 0.15) is 0 Å². The fraction of sp³-hybridized carbons (Fsp3) is 0. The van der Waals surface area contributed by atoms with Crippen LogP contribution in [0.25, 0.3) is 90.8 Å². The molecule has 0 fully saturated rings. The Hall–Kier alpha value is -8.01. The number of benzene rings is 4. The highest BCUT2D eigenvalue weighted by Gasteiger charge is 2.28. The number of hydrogen-bond acceptors (Lipinski definition) is 17. The molecular formula is C45H29N9O12S4. The lowest BCUT2D eigenvalue weighted by Crippen LogP contribution is -2.08. The van der Waals surface area contributed by atoms with Gasteiger partial charge >= 0.3 is 0 Å². The molecule has 0 saturated heterocycles.